The molecule has 2 aliphatic rings. The molecule has 7 heteroatoms. The number of amidine groups is 1. The predicted octanol–water partition coefficient (Wildman–Crippen LogP) is 4.95. The van der Waals surface area contributed by atoms with Crippen molar-refractivity contribution in [2.75, 3.05) is 0 Å². The number of aromatic nitrogens is 4. The molecule has 1 fully saturated rings. The van der Waals surface area contributed by atoms with Crippen molar-refractivity contribution in [2.24, 2.45) is 4.99 Å². The van der Waals surface area contributed by atoms with Gasteiger partial charge in [-0.1, -0.05) is 62.6 Å². The fraction of sp³-hybridized carbons (Fsp3) is 0.480. The number of allylic oxidation sites excluding steroid dienone is 4. The van der Waals surface area contributed by atoms with Crippen molar-refractivity contribution in [3.05, 3.63) is 53.4 Å². The summed E-state index contributed by atoms with van der Waals surface area (Å²) in [7, 11) is 0. The maximum absolute atomic E-state index is 13.4. The first-order valence-electron chi connectivity index (χ1n) is 11.7. The molecule has 0 atom stereocenters. The molecular formula is C25H32N6O. The Morgan fingerprint density at radius 2 is 1.84 bits per heavy atom. The lowest BCUT2D eigenvalue weighted by Crippen LogP contribution is -2.40. The zero-order valence-electron chi connectivity index (χ0n) is 19.3. The Morgan fingerprint density at radius 3 is 2.44 bits per heavy atom. The number of hydrogen-bond acceptors (Lipinski definition) is 5. The molecule has 1 saturated carbocycles. The molecule has 4 rings (SSSR count). The van der Waals surface area contributed by atoms with Gasteiger partial charge in [0.05, 0.1) is 6.54 Å². The number of benzene rings is 1. The number of hydrogen-bond donors (Lipinski definition) is 1. The number of aliphatic imine (C=N–C) groups is 1. The lowest BCUT2D eigenvalue weighted by Gasteiger charge is -2.23. The van der Waals surface area contributed by atoms with Gasteiger partial charge < -0.3 is 0 Å². The van der Waals surface area contributed by atoms with Crippen LogP contribution >= 0.6 is 0 Å². The van der Waals surface area contributed by atoms with E-state index in [0.717, 1.165) is 73.1 Å². The van der Waals surface area contributed by atoms with E-state index >= 15 is 0 Å². The standard InChI is InChI=1S/C25H32N6O/c1-4-7-10-22-26-25(15-8-9-16-25)24(32)31(22)17-18-11-13-19(14-12-18)20(5-2)21(6-3)23-27-29-30-28-23/h5-6,11-14H,4,7-10,15-17H2,1-3H3,(H,27,28,29,30)/b20-5-,21-6+. The van der Waals surface area contributed by atoms with Gasteiger partial charge in [0.15, 0.2) is 0 Å². The van der Waals surface area contributed by atoms with Crippen LogP contribution in [-0.4, -0.2) is 42.8 Å². The van der Waals surface area contributed by atoms with Gasteiger partial charge in [0.1, 0.15) is 11.4 Å². The fourth-order valence-corrected chi connectivity index (χ4v) is 4.83. The van der Waals surface area contributed by atoms with Crippen LogP contribution in [0.1, 0.15) is 82.7 Å². The van der Waals surface area contributed by atoms with Gasteiger partial charge in [0.25, 0.3) is 5.91 Å². The number of aromatic amines is 1. The minimum Gasteiger partial charge on any atom is -0.294 e. The Hall–Kier alpha value is -3.09. The van der Waals surface area contributed by atoms with Crippen LogP contribution in [0.15, 0.2) is 41.4 Å². The summed E-state index contributed by atoms with van der Waals surface area (Å²) in [5.41, 5.74) is 3.69. The second-order valence-electron chi connectivity index (χ2n) is 8.60. The van der Waals surface area contributed by atoms with Gasteiger partial charge in [-0.2, -0.15) is 5.21 Å². The summed E-state index contributed by atoms with van der Waals surface area (Å²) in [6.07, 6.45) is 11.1. The van der Waals surface area contributed by atoms with E-state index < -0.39 is 5.54 Å². The summed E-state index contributed by atoms with van der Waals surface area (Å²) in [5.74, 6) is 1.75. The molecule has 0 bridgehead atoms. The van der Waals surface area contributed by atoms with Crippen LogP contribution in [0.25, 0.3) is 11.1 Å². The molecule has 1 amide bonds. The molecule has 2 heterocycles. The molecule has 1 spiro atoms. The van der Waals surface area contributed by atoms with Crippen molar-refractivity contribution in [3.8, 4) is 0 Å². The molecular weight excluding hydrogens is 400 g/mol. The van der Waals surface area contributed by atoms with E-state index in [4.69, 9.17) is 4.99 Å². The summed E-state index contributed by atoms with van der Waals surface area (Å²) < 4.78 is 0. The Morgan fingerprint density at radius 1 is 1.12 bits per heavy atom. The molecule has 168 valence electrons. The molecule has 0 radical (unpaired) electrons. The number of H-pyrrole nitrogens is 1. The summed E-state index contributed by atoms with van der Waals surface area (Å²) >= 11 is 0. The van der Waals surface area contributed by atoms with Crippen LogP contribution in [0.4, 0.5) is 0 Å². The second kappa shape index (κ2) is 9.59. The van der Waals surface area contributed by atoms with Gasteiger partial charge in [-0.3, -0.25) is 14.7 Å². The van der Waals surface area contributed by atoms with Crippen LogP contribution in [0.5, 0.6) is 0 Å². The van der Waals surface area contributed by atoms with Crippen LogP contribution in [-0.2, 0) is 11.3 Å². The van der Waals surface area contributed by atoms with Crippen molar-refractivity contribution in [1.29, 1.82) is 0 Å². The number of carbonyl (C=O) groups excluding carboxylic acids is 1. The molecule has 0 saturated heterocycles. The molecule has 1 N–H and O–H groups in total. The number of nitrogens with one attached hydrogen (secondary N) is 1. The van der Waals surface area contributed by atoms with Crippen molar-refractivity contribution >= 4 is 22.9 Å². The highest BCUT2D eigenvalue weighted by molar-refractivity contribution is 6.08. The smallest absolute Gasteiger partial charge is 0.256 e. The molecule has 32 heavy (non-hydrogen) atoms. The third-order valence-electron chi connectivity index (χ3n) is 6.54. The van der Waals surface area contributed by atoms with E-state index in [-0.39, 0.29) is 5.91 Å². The van der Waals surface area contributed by atoms with Gasteiger partial charge in [-0.25, -0.2) is 0 Å². The number of rotatable bonds is 8. The minimum absolute atomic E-state index is 0.202. The summed E-state index contributed by atoms with van der Waals surface area (Å²) in [4.78, 5) is 20.3. The highest BCUT2D eigenvalue weighted by Gasteiger charge is 2.49. The summed E-state index contributed by atoms with van der Waals surface area (Å²) in [6.45, 7) is 6.74. The SMILES string of the molecule is C/C=C(\C(=C/C)c1nn[nH]n1)c1ccc(CN2C(=O)C3(CCCC3)N=C2CCCC)cc1. The quantitative estimate of drug-likeness (QED) is 0.598. The molecule has 1 aliphatic heterocycles. The van der Waals surface area contributed by atoms with Gasteiger partial charge in [0.2, 0.25) is 5.82 Å². The Bertz CT molecular complexity index is 1030. The molecule has 1 aliphatic carbocycles. The first-order valence-corrected chi connectivity index (χ1v) is 11.7. The van der Waals surface area contributed by atoms with E-state index in [2.05, 4.69) is 57.9 Å². The third kappa shape index (κ3) is 4.16. The van der Waals surface area contributed by atoms with Gasteiger partial charge >= 0.3 is 0 Å². The largest absolute Gasteiger partial charge is 0.294 e. The lowest BCUT2D eigenvalue weighted by atomic mass is 9.95. The maximum Gasteiger partial charge on any atom is 0.256 e. The molecule has 1 aromatic carbocycles. The zero-order chi connectivity index (χ0) is 22.6. The second-order valence-corrected chi connectivity index (χ2v) is 8.60. The lowest BCUT2D eigenvalue weighted by molar-refractivity contribution is -0.131. The molecule has 2 aromatic rings. The number of amides is 1. The average molecular weight is 433 g/mol. The number of carbonyl (C=O) groups is 1. The Kier molecular flexibility index (Phi) is 6.63. The Labute approximate surface area is 189 Å². The topological polar surface area (TPSA) is 87.1 Å². The van der Waals surface area contributed by atoms with Crippen LogP contribution < -0.4 is 0 Å². The monoisotopic (exact) mass is 432 g/mol. The fourth-order valence-electron chi connectivity index (χ4n) is 4.83. The first-order chi connectivity index (χ1) is 15.6. The van der Waals surface area contributed by atoms with E-state index in [1.807, 2.05) is 24.8 Å². The van der Waals surface area contributed by atoms with Crippen molar-refractivity contribution in [2.45, 2.75) is 77.8 Å². The average Bonchev–Trinajstić information content (AvgIpc) is 3.56. The van der Waals surface area contributed by atoms with E-state index in [9.17, 15) is 4.79 Å². The van der Waals surface area contributed by atoms with Crippen molar-refractivity contribution in [1.82, 2.24) is 25.5 Å². The van der Waals surface area contributed by atoms with E-state index in [0.29, 0.717) is 12.4 Å². The van der Waals surface area contributed by atoms with Crippen molar-refractivity contribution < 1.29 is 4.79 Å². The highest BCUT2D eigenvalue weighted by Crippen LogP contribution is 2.40. The maximum atomic E-state index is 13.4. The molecule has 0 unspecified atom stereocenters. The van der Waals surface area contributed by atoms with Gasteiger partial charge in [-0.05, 0) is 55.0 Å². The highest BCUT2D eigenvalue weighted by atomic mass is 16.2. The van der Waals surface area contributed by atoms with Gasteiger partial charge in [0, 0.05) is 12.0 Å². The number of tetrazole rings is 1. The molecule has 1 aromatic heterocycles. The minimum atomic E-state index is -0.480. The summed E-state index contributed by atoms with van der Waals surface area (Å²) in [6, 6.07) is 8.41. The third-order valence-corrected chi connectivity index (χ3v) is 6.54. The number of nitrogens with zero attached hydrogens (tertiary/aromatic N) is 5. The van der Waals surface area contributed by atoms with Gasteiger partial charge in [-0.15, -0.1) is 10.2 Å². The first kappa shape index (κ1) is 22.1. The zero-order valence-corrected chi connectivity index (χ0v) is 19.3. The molecule has 7 nitrogen and oxygen atoms in total. The predicted molar refractivity (Wildman–Crippen MR) is 127 cm³/mol. The van der Waals surface area contributed by atoms with E-state index in [1.165, 1.54) is 0 Å². The van der Waals surface area contributed by atoms with Crippen LogP contribution in [0.2, 0.25) is 0 Å². The summed E-state index contributed by atoms with van der Waals surface area (Å²) in [5, 5.41) is 14.5. The van der Waals surface area contributed by atoms with Crippen LogP contribution in [0.3, 0.4) is 0 Å². The van der Waals surface area contributed by atoms with Crippen molar-refractivity contribution in [3.63, 3.8) is 0 Å². The Balaban J connectivity index is 1.54. The van der Waals surface area contributed by atoms with E-state index in [1.54, 1.807) is 0 Å². The van der Waals surface area contributed by atoms with Crippen LogP contribution in [0, 0.1) is 0 Å². The number of unbranched alkanes of at least 4 members (excludes halogenated alkanes) is 1. The normalized spacial score (nSPS) is 18.7.